The predicted octanol–water partition coefficient (Wildman–Crippen LogP) is 3.95. The average molecular weight is 452 g/mol. The molecular formula is C27H25N5O2. The third-order valence-corrected chi connectivity index (χ3v) is 6.57. The van der Waals surface area contributed by atoms with Crippen LogP contribution in [0.4, 0.5) is 5.82 Å². The lowest BCUT2D eigenvalue weighted by Gasteiger charge is -2.17. The second-order valence-corrected chi connectivity index (χ2v) is 8.52. The van der Waals surface area contributed by atoms with E-state index >= 15 is 0 Å². The quantitative estimate of drug-likeness (QED) is 0.366. The number of likely N-dealkylation sites (tertiary alicyclic amines) is 1. The summed E-state index contributed by atoms with van der Waals surface area (Å²) in [6, 6.07) is 16.8. The monoisotopic (exact) mass is 451 g/mol. The molecule has 7 nitrogen and oxygen atoms in total. The minimum Gasteiger partial charge on any atom is -0.383 e. The van der Waals surface area contributed by atoms with Gasteiger partial charge in [0.2, 0.25) is 5.91 Å². The number of aryl methyl sites for hydroxylation is 1. The highest BCUT2D eigenvalue weighted by molar-refractivity contribution is 6.09. The first-order chi connectivity index (χ1) is 16.5. The zero-order chi connectivity index (χ0) is 23.8. The van der Waals surface area contributed by atoms with Crippen molar-refractivity contribution in [2.75, 3.05) is 18.8 Å². The normalized spacial score (nSPS) is 15.6. The summed E-state index contributed by atoms with van der Waals surface area (Å²) in [5, 5.41) is 0.788. The van der Waals surface area contributed by atoms with E-state index in [1.165, 1.54) is 12.4 Å². The van der Waals surface area contributed by atoms with Crippen LogP contribution in [0.5, 0.6) is 0 Å². The van der Waals surface area contributed by atoms with Gasteiger partial charge in [0.1, 0.15) is 17.8 Å². The van der Waals surface area contributed by atoms with E-state index in [9.17, 15) is 9.59 Å². The molecule has 1 aliphatic rings. The van der Waals surface area contributed by atoms with Gasteiger partial charge >= 0.3 is 0 Å². The number of anilines is 1. The molecule has 7 heteroatoms. The van der Waals surface area contributed by atoms with Gasteiger partial charge in [-0.1, -0.05) is 61.2 Å². The van der Waals surface area contributed by atoms with Crippen LogP contribution >= 0.6 is 0 Å². The highest BCUT2D eigenvalue weighted by atomic mass is 16.2. The van der Waals surface area contributed by atoms with Crippen molar-refractivity contribution in [1.29, 1.82) is 0 Å². The van der Waals surface area contributed by atoms with Gasteiger partial charge in [0.05, 0.1) is 5.39 Å². The van der Waals surface area contributed by atoms with Crippen LogP contribution in [0.2, 0.25) is 0 Å². The summed E-state index contributed by atoms with van der Waals surface area (Å²) in [6.07, 6.45) is 3.65. The van der Waals surface area contributed by atoms with E-state index < -0.39 is 0 Å². The largest absolute Gasteiger partial charge is 0.383 e. The van der Waals surface area contributed by atoms with Crippen LogP contribution in [0.25, 0.3) is 22.2 Å². The van der Waals surface area contributed by atoms with Crippen LogP contribution in [0, 0.1) is 0 Å². The third kappa shape index (κ3) is 3.55. The lowest BCUT2D eigenvalue weighted by molar-refractivity contribution is -0.125. The summed E-state index contributed by atoms with van der Waals surface area (Å²) >= 11 is 0. The second-order valence-electron chi connectivity index (χ2n) is 8.52. The molecule has 170 valence electrons. The maximum atomic E-state index is 12.9. The van der Waals surface area contributed by atoms with Gasteiger partial charge in [0, 0.05) is 48.4 Å². The lowest BCUT2D eigenvalue weighted by Crippen LogP contribution is -2.26. The number of nitrogens with two attached hydrogens (primary N) is 1. The van der Waals surface area contributed by atoms with E-state index in [0.717, 1.165) is 34.3 Å². The second kappa shape index (κ2) is 8.59. The minimum atomic E-state index is -0.0640. The maximum absolute atomic E-state index is 12.9. The molecule has 1 aliphatic heterocycles. The molecule has 1 fully saturated rings. The molecule has 0 radical (unpaired) electrons. The summed E-state index contributed by atoms with van der Waals surface area (Å²) in [6.45, 7) is 4.88. The molecule has 2 aromatic heterocycles. The number of nitrogen functional groups attached to an aromatic ring is 1. The van der Waals surface area contributed by atoms with Crippen molar-refractivity contribution in [2.45, 2.75) is 12.3 Å². The zero-order valence-electron chi connectivity index (χ0n) is 18.9. The molecule has 1 unspecified atom stereocenters. The molecule has 2 aromatic carbocycles. The van der Waals surface area contributed by atoms with Crippen LogP contribution in [0.1, 0.15) is 34.0 Å². The van der Waals surface area contributed by atoms with Crippen molar-refractivity contribution in [3.63, 3.8) is 0 Å². The number of rotatable bonds is 5. The first-order valence-electron chi connectivity index (χ1n) is 11.2. The summed E-state index contributed by atoms with van der Waals surface area (Å²) in [5.74, 6) is 0.430. The lowest BCUT2D eigenvalue weighted by atomic mass is 9.93. The number of carbonyl (C=O) groups is 2. The van der Waals surface area contributed by atoms with Crippen molar-refractivity contribution >= 4 is 28.5 Å². The molecule has 0 spiro atoms. The van der Waals surface area contributed by atoms with Crippen LogP contribution < -0.4 is 5.73 Å². The first-order valence-corrected chi connectivity index (χ1v) is 11.2. The molecule has 34 heavy (non-hydrogen) atoms. The van der Waals surface area contributed by atoms with Gasteiger partial charge < -0.3 is 15.2 Å². The van der Waals surface area contributed by atoms with E-state index in [0.29, 0.717) is 30.0 Å². The van der Waals surface area contributed by atoms with E-state index in [1.54, 1.807) is 0 Å². The number of carbonyl (C=O) groups excluding carboxylic acids is 2. The Balaban J connectivity index is 1.60. The Morgan fingerprint density at radius 3 is 2.47 bits per heavy atom. The van der Waals surface area contributed by atoms with Gasteiger partial charge in [-0.25, -0.2) is 9.97 Å². The van der Waals surface area contributed by atoms with Crippen molar-refractivity contribution < 1.29 is 9.59 Å². The Morgan fingerprint density at radius 2 is 1.76 bits per heavy atom. The Kier molecular flexibility index (Phi) is 5.45. The summed E-state index contributed by atoms with van der Waals surface area (Å²) in [5.41, 5.74) is 11.3. The van der Waals surface area contributed by atoms with Crippen LogP contribution in [0.3, 0.4) is 0 Å². The summed E-state index contributed by atoms with van der Waals surface area (Å²) < 4.78 is 2.05. The number of benzene rings is 2. The molecule has 5 rings (SSSR count). The van der Waals surface area contributed by atoms with Gasteiger partial charge in [-0.3, -0.25) is 9.59 Å². The fourth-order valence-corrected chi connectivity index (χ4v) is 4.92. The number of nitrogens with zero attached hydrogens (tertiary/aromatic N) is 4. The molecule has 0 saturated carbocycles. The van der Waals surface area contributed by atoms with E-state index in [1.807, 2.05) is 66.5 Å². The number of aromatic nitrogens is 3. The molecule has 1 saturated heterocycles. The number of hydrogen-bond acceptors (Lipinski definition) is 5. The Morgan fingerprint density at radius 1 is 1.06 bits per heavy atom. The Labute approximate surface area is 197 Å². The van der Waals surface area contributed by atoms with Gasteiger partial charge in [0.15, 0.2) is 5.78 Å². The minimum absolute atomic E-state index is 0.0255. The van der Waals surface area contributed by atoms with Crippen LogP contribution in [-0.2, 0) is 11.8 Å². The van der Waals surface area contributed by atoms with Crippen molar-refractivity contribution in [2.24, 2.45) is 7.05 Å². The summed E-state index contributed by atoms with van der Waals surface area (Å²) in [4.78, 5) is 35.6. The standard InChI is InChI=1S/C27H25N5O2/c1-3-21(33)32-14-13-20(15-32)24-22(23-26(28)29-16-30-27(23)31(24)2)17-9-11-19(12-10-17)25(34)18-7-5-4-6-8-18/h3-12,16,20H,1,13-15H2,2H3,(H2,28,29,30). The topological polar surface area (TPSA) is 94.1 Å². The molecule has 2 N–H and O–H groups in total. The highest BCUT2D eigenvalue weighted by Crippen LogP contribution is 2.42. The van der Waals surface area contributed by atoms with Gasteiger partial charge in [-0.2, -0.15) is 0 Å². The SMILES string of the molecule is C=CC(=O)N1CCC(c2c(-c3ccc(C(=O)c4ccccc4)cc3)c3c(N)ncnc3n2C)C1. The van der Waals surface area contributed by atoms with Crippen LogP contribution in [0.15, 0.2) is 73.6 Å². The third-order valence-electron chi connectivity index (χ3n) is 6.57. The zero-order valence-corrected chi connectivity index (χ0v) is 18.9. The number of ketones is 1. The van der Waals surface area contributed by atoms with Gasteiger partial charge in [-0.15, -0.1) is 0 Å². The molecule has 3 heterocycles. The van der Waals surface area contributed by atoms with Gasteiger partial charge in [0.25, 0.3) is 0 Å². The molecule has 1 amide bonds. The van der Waals surface area contributed by atoms with E-state index in [4.69, 9.17) is 5.73 Å². The Bertz CT molecular complexity index is 1410. The first kappa shape index (κ1) is 21.6. The smallest absolute Gasteiger partial charge is 0.245 e. The molecule has 0 bridgehead atoms. The van der Waals surface area contributed by atoms with Gasteiger partial charge in [-0.05, 0) is 18.1 Å². The number of fused-ring (bicyclic) bond motifs is 1. The predicted molar refractivity (Wildman–Crippen MR) is 132 cm³/mol. The molecule has 1 atom stereocenters. The molecule has 4 aromatic rings. The van der Waals surface area contributed by atoms with Crippen molar-refractivity contribution in [3.05, 3.63) is 90.4 Å². The number of amides is 1. The van der Waals surface area contributed by atoms with Crippen molar-refractivity contribution in [1.82, 2.24) is 19.4 Å². The van der Waals surface area contributed by atoms with Crippen molar-refractivity contribution in [3.8, 4) is 11.1 Å². The molecular weight excluding hydrogens is 426 g/mol. The number of hydrogen-bond donors (Lipinski definition) is 1. The maximum Gasteiger partial charge on any atom is 0.245 e. The summed E-state index contributed by atoms with van der Waals surface area (Å²) in [7, 11) is 1.97. The van der Waals surface area contributed by atoms with E-state index in [-0.39, 0.29) is 17.6 Å². The fourth-order valence-electron chi connectivity index (χ4n) is 4.92. The van der Waals surface area contributed by atoms with E-state index in [2.05, 4.69) is 21.1 Å². The molecule has 0 aliphatic carbocycles. The fraction of sp³-hybridized carbons (Fsp3) is 0.185. The Hall–Kier alpha value is -4.26. The highest BCUT2D eigenvalue weighted by Gasteiger charge is 2.32. The average Bonchev–Trinajstić information content (AvgIpc) is 3.47. The van der Waals surface area contributed by atoms with Crippen LogP contribution in [-0.4, -0.2) is 44.2 Å².